The van der Waals surface area contributed by atoms with E-state index >= 15 is 0 Å². The van der Waals surface area contributed by atoms with Crippen molar-refractivity contribution in [2.24, 2.45) is 7.05 Å². The molecular formula is C17H15ClFN5O2. The van der Waals surface area contributed by atoms with Gasteiger partial charge in [-0.25, -0.2) is 4.39 Å². The average molecular weight is 376 g/mol. The summed E-state index contributed by atoms with van der Waals surface area (Å²) in [5.74, 6) is -1.92. The van der Waals surface area contributed by atoms with Crippen molar-refractivity contribution in [3.63, 3.8) is 0 Å². The summed E-state index contributed by atoms with van der Waals surface area (Å²) in [4.78, 5) is 24.3. The van der Waals surface area contributed by atoms with Crippen LogP contribution in [0.15, 0.2) is 24.4 Å². The van der Waals surface area contributed by atoms with Crippen molar-refractivity contribution in [1.82, 2.24) is 9.88 Å². The van der Waals surface area contributed by atoms with Crippen LogP contribution in [0.3, 0.4) is 0 Å². The lowest BCUT2D eigenvalue weighted by Crippen LogP contribution is -2.30. The Balaban J connectivity index is 2.32. The molecule has 134 valence electrons. The Kier molecular flexibility index (Phi) is 5.75. The monoisotopic (exact) mass is 375 g/mol. The van der Waals surface area contributed by atoms with Gasteiger partial charge in [0.25, 0.3) is 11.8 Å². The van der Waals surface area contributed by atoms with E-state index in [0.29, 0.717) is 6.54 Å². The summed E-state index contributed by atoms with van der Waals surface area (Å²) in [5.41, 5.74) is -0.217. The molecule has 26 heavy (non-hydrogen) atoms. The highest BCUT2D eigenvalue weighted by Gasteiger charge is 2.24. The zero-order valence-corrected chi connectivity index (χ0v) is 14.7. The fourth-order valence-electron chi connectivity index (χ4n) is 2.28. The van der Waals surface area contributed by atoms with Gasteiger partial charge in [0.2, 0.25) is 0 Å². The second kappa shape index (κ2) is 7.80. The molecule has 9 heteroatoms. The van der Waals surface area contributed by atoms with E-state index in [4.69, 9.17) is 22.3 Å². The predicted octanol–water partition coefficient (Wildman–Crippen LogP) is 2.45. The molecule has 0 atom stereocenters. The highest BCUT2D eigenvalue weighted by Crippen LogP contribution is 2.25. The third-order valence-corrected chi connectivity index (χ3v) is 3.90. The Morgan fingerprint density at radius 1 is 1.42 bits per heavy atom. The van der Waals surface area contributed by atoms with Crippen molar-refractivity contribution in [2.45, 2.75) is 6.92 Å². The summed E-state index contributed by atoms with van der Waals surface area (Å²) in [6.45, 7) is 2.07. The van der Waals surface area contributed by atoms with Crippen LogP contribution in [0.2, 0.25) is 5.02 Å². The van der Waals surface area contributed by atoms with Crippen LogP contribution in [-0.4, -0.2) is 28.6 Å². The van der Waals surface area contributed by atoms with E-state index in [1.807, 2.05) is 0 Å². The van der Waals surface area contributed by atoms with Gasteiger partial charge >= 0.3 is 0 Å². The van der Waals surface area contributed by atoms with E-state index in [2.05, 4.69) is 10.6 Å². The van der Waals surface area contributed by atoms with Crippen molar-refractivity contribution in [3.8, 4) is 6.07 Å². The molecule has 0 radical (unpaired) electrons. The molecule has 1 heterocycles. The van der Waals surface area contributed by atoms with Crippen molar-refractivity contribution in [1.29, 1.82) is 10.7 Å². The standard InChI is InChI=1S/C17H15ClFN5O2/c1-3-22-16(25)14(21)11-8-24(2)15(13(11)18)17(26)23-10-4-5-12(19)9(6-10)7-20/h4-6,8,21H,3H2,1-2H3,(H,22,25)(H,23,26). The minimum absolute atomic E-state index is 0.0264. The molecule has 2 rings (SSSR count). The number of nitrogens with one attached hydrogen (secondary N) is 3. The summed E-state index contributed by atoms with van der Waals surface area (Å²) in [6.07, 6.45) is 1.40. The van der Waals surface area contributed by atoms with Gasteiger partial charge in [0.15, 0.2) is 0 Å². The second-order valence-corrected chi connectivity index (χ2v) is 5.69. The number of likely N-dealkylation sites (N-methyl/N-ethyl adjacent to an activating group) is 1. The first-order valence-corrected chi connectivity index (χ1v) is 7.90. The maximum Gasteiger partial charge on any atom is 0.273 e. The van der Waals surface area contributed by atoms with Crippen molar-refractivity contribution >= 4 is 34.8 Å². The molecule has 0 saturated heterocycles. The number of aromatic nitrogens is 1. The van der Waals surface area contributed by atoms with E-state index in [1.165, 1.54) is 22.9 Å². The molecular weight excluding hydrogens is 361 g/mol. The number of anilines is 1. The lowest BCUT2D eigenvalue weighted by molar-refractivity contribution is -0.114. The van der Waals surface area contributed by atoms with Gasteiger partial charge in [0.05, 0.1) is 10.6 Å². The maximum atomic E-state index is 13.4. The number of carbonyl (C=O) groups is 2. The first-order valence-electron chi connectivity index (χ1n) is 7.53. The maximum absolute atomic E-state index is 13.4. The van der Waals surface area contributed by atoms with Crippen LogP contribution in [0, 0.1) is 22.6 Å². The third kappa shape index (κ3) is 3.73. The Morgan fingerprint density at radius 2 is 2.12 bits per heavy atom. The number of hydrogen-bond acceptors (Lipinski definition) is 4. The highest BCUT2D eigenvalue weighted by atomic mass is 35.5. The predicted molar refractivity (Wildman–Crippen MR) is 95.0 cm³/mol. The van der Waals surface area contributed by atoms with Crippen LogP contribution in [0.5, 0.6) is 0 Å². The zero-order valence-electron chi connectivity index (χ0n) is 14.0. The number of nitriles is 1. The number of aryl methyl sites for hydroxylation is 1. The number of hydrogen-bond donors (Lipinski definition) is 3. The van der Waals surface area contributed by atoms with Crippen LogP contribution in [0.4, 0.5) is 10.1 Å². The number of rotatable bonds is 5. The first kappa shape index (κ1) is 19.1. The van der Waals surface area contributed by atoms with E-state index in [9.17, 15) is 14.0 Å². The molecule has 0 unspecified atom stereocenters. The molecule has 2 amide bonds. The largest absolute Gasteiger partial charge is 0.351 e. The molecule has 7 nitrogen and oxygen atoms in total. The summed E-state index contributed by atoms with van der Waals surface area (Å²) in [5, 5.41) is 21.7. The van der Waals surface area contributed by atoms with Gasteiger partial charge in [-0.1, -0.05) is 11.6 Å². The van der Waals surface area contributed by atoms with Gasteiger partial charge in [-0.3, -0.25) is 15.0 Å². The number of halogens is 2. The summed E-state index contributed by atoms with van der Waals surface area (Å²) >= 11 is 6.20. The summed E-state index contributed by atoms with van der Waals surface area (Å²) in [7, 11) is 1.54. The van der Waals surface area contributed by atoms with Gasteiger partial charge in [0, 0.05) is 31.0 Å². The zero-order chi connectivity index (χ0) is 19.4. The summed E-state index contributed by atoms with van der Waals surface area (Å²) < 4.78 is 14.8. The molecule has 2 aromatic rings. The van der Waals surface area contributed by atoms with Gasteiger partial charge in [-0.2, -0.15) is 5.26 Å². The smallest absolute Gasteiger partial charge is 0.273 e. The summed E-state index contributed by atoms with van der Waals surface area (Å²) in [6, 6.07) is 5.26. The van der Waals surface area contributed by atoms with E-state index in [0.717, 1.165) is 6.07 Å². The Labute approximate surface area is 153 Å². The molecule has 0 spiro atoms. The fraction of sp³-hybridized carbons (Fsp3) is 0.176. The van der Waals surface area contributed by atoms with Gasteiger partial charge < -0.3 is 15.2 Å². The molecule has 1 aromatic heterocycles. The molecule has 0 aliphatic carbocycles. The third-order valence-electron chi connectivity index (χ3n) is 3.51. The van der Waals surface area contributed by atoms with Crippen molar-refractivity contribution < 1.29 is 14.0 Å². The minimum atomic E-state index is -0.694. The van der Waals surface area contributed by atoms with Crippen LogP contribution in [0.1, 0.15) is 28.5 Å². The quantitative estimate of drug-likeness (QED) is 0.698. The van der Waals surface area contributed by atoms with Crippen molar-refractivity contribution in [2.75, 3.05) is 11.9 Å². The molecule has 1 aromatic carbocycles. The Bertz CT molecular complexity index is 945. The van der Waals surface area contributed by atoms with Gasteiger partial charge in [-0.15, -0.1) is 0 Å². The molecule has 0 aliphatic heterocycles. The molecule has 0 fully saturated rings. The van der Waals surface area contributed by atoms with Gasteiger partial charge in [0.1, 0.15) is 23.3 Å². The Morgan fingerprint density at radius 3 is 2.73 bits per heavy atom. The second-order valence-electron chi connectivity index (χ2n) is 5.31. The number of benzene rings is 1. The molecule has 3 N–H and O–H groups in total. The minimum Gasteiger partial charge on any atom is -0.351 e. The first-order chi connectivity index (χ1) is 12.3. The van der Waals surface area contributed by atoms with E-state index in [1.54, 1.807) is 20.0 Å². The molecule has 0 aliphatic rings. The molecule has 0 bridgehead atoms. The van der Waals surface area contributed by atoms with E-state index in [-0.39, 0.29) is 33.2 Å². The fourth-order valence-corrected chi connectivity index (χ4v) is 2.64. The number of carbonyl (C=O) groups excluding carboxylic acids is 2. The van der Waals surface area contributed by atoms with Crippen LogP contribution < -0.4 is 10.6 Å². The lowest BCUT2D eigenvalue weighted by atomic mass is 10.1. The van der Waals surface area contributed by atoms with E-state index < -0.39 is 17.6 Å². The average Bonchev–Trinajstić information content (AvgIpc) is 2.90. The lowest BCUT2D eigenvalue weighted by Gasteiger charge is -2.07. The Hall–Kier alpha value is -3.18. The van der Waals surface area contributed by atoms with Crippen LogP contribution in [-0.2, 0) is 11.8 Å². The van der Waals surface area contributed by atoms with Gasteiger partial charge in [-0.05, 0) is 25.1 Å². The number of amides is 2. The SMILES string of the molecule is CCNC(=O)C(=N)c1cn(C)c(C(=O)Nc2ccc(F)c(C#N)c2)c1Cl. The highest BCUT2D eigenvalue weighted by molar-refractivity contribution is 6.49. The normalized spacial score (nSPS) is 10.1. The topological polar surface area (TPSA) is 111 Å². The molecule has 0 saturated carbocycles. The van der Waals surface area contributed by atoms with Crippen LogP contribution >= 0.6 is 11.6 Å². The van der Waals surface area contributed by atoms with Crippen LogP contribution in [0.25, 0.3) is 0 Å². The van der Waals surface area contributed by atoms with Crippen molar-refractivity contribution in [3.05, 3.63) is 52.1 Å². The number of nitrogens with zero attached hydrogens (tertiary/aromatic N) is 2.